The van der Waals surface area contributed by atoms with Crippen molar-refractivity contribution in [2.75, 3.05) is 0 Å². The van der Waals surface area contributed by atoms with Crippen molar-refractivity contribution in [3.05, 3.63) is 126 Å². The van der Waals surface area contributed by atoms with E-state index in [1.165, 1.54) is 12.8 Å². The number of imidazole rings is 1. The van der Waals surface area contributed by atoms with Gasteiger partial charge in [0, 0.05) is 12.3 Å². The first-order valence-electron chi connectivity index (χ1n) is 14.3. The summed E-state index contributed by atoms with van der Waals surface area (Å²) in [5.74, 6) is 1.70. The Labute approximate surface area is 231 Å². The number of hydrogen-bond donors (Lipinski definition) is 0. The van der Waals surface area contributed by atoms with Gasteiger partial charge < -0.3 is 9.36 Å². The standard InChI is InChI=1S/C35H36N2O2/c1-25(38)21-26-13-11-12-20-30(26)31-22-32(31)34(39)33-23-36-24-37(33)35(27-14-5-2-6-15-27,28-16-7-3-8-17-28)29-18-9-4-10-19-29/h2-10,14-19,23-24,26,30-32H,11-13,20-22H2,1H3/t26?,30-,31?,32+/m0/s1. The molecule has 4 atom stereocenters. The summed E-state index contributed by atoms with van der Waals surface area (Å²) >= 11 is 0. The van der Waals surface area contributed by atoms with Gasteiger partial charge in [-0.1, -0.05) is 104 Å². The van der Waals surface area contributed by atoms with E-state index in [4.69, 9.17) is 0 Å². The predicted molar refractivity (Wildman–Crippen MR) is 154 cm³/mol. The zero-order chi connectivity index (χ0) is 26.8. The Morgan fingerprint density at radius 2 is 1.33 bits per heavy atom. The number of carbonyl (C=O) groups excluding carboxylic acids is 2. The molecule has 2 aliphatic rings. The maximum absolute atomic E-state index is 14.3. The second kappa shape index (κ2) is 10.8. The monoisotopic (exact) mass is 516 g/mol. The molecule has 0 spiro atoms. The second-order valence-electron chi connectivity index (χ2n) is 11.4. The molecule has 39 heavy (non-hydrogen) atoms. The average molecular weight is 517 g/mol. The Morgan fingerprint density at radius 1 is 0.795 bits per heavy atom. The van der Waals surface area contributed by atoms with E-state index in [2.05, 4.69) is 82.3 Å². The van der Waals surface area contributed by atoms with Gasteiger partial charge in [-0.15, -0.1) is 0 Å². The summed E-state index contributed by atoms with van der Waals surface area (Å²) in [6, 6.07) is 31.3. The number of nitrogens with zero attached hydrogens (tertiary/aromatic N) is 2. The molecule has 2 unspecified atom stereocenters. The molecule has 0 bridgehead atoms. The minimum Gasteiger partial charge on any atom is -0.309 e. The number of ketones is 2. The van der Waals surface area contributed by atoms with E-state index in [0.717, 1.165) is 36.0 Å². The van der Waals surface area contributed by atoms with E-state index in [1.54, 1.807) is 13.1 Å². The molecule has 2 fully saturated rings. The molecule has 1 heterocycles. The van der Waals surface area contributed by atoms with Gasteiger partial charge in [-0.05, 0) is 60.6 Å². The lowest BCUT2D eigenvalue weighted by molar-refractivity contribution is -0.118. The molecule has 0 N–H and O–H groups in total. The lowest BCUT2D eigenvalue weighted by Gasteiger charge is -2.38. The molecule has 4 nitrogen and oxygen atoms in total. The Hall–Kier alpha value is -3.79. The fourth-order valence-electron chi connectivity index (χ4n) is 7.30. The van der Waals surface area contributed by atoms with Gasteiger partial charge in [0.1, 0.15) is 17.0 Å². The molecular weight excluding hydrogens is 480 g/mol. The maximum atomic E-state index is 14.3. The number of hydrogen-bond acceptors (Lipinski definition) is 3. The van der Waals surface area contributed by atoms with Gasteiger partial charge in [-0.3, -0.25) is 4.79 Å². The number of Topliss-reactive ketones (excluding diaryl/α,β-unsaturated/α-hetero) is 2. The highest BCUT2D eigenvalue weighted by Gasteiger charge is 2.51. The van der Waals surface area contributed by atoms with Crippen LogP contribution in [0.1, 0.15) is 72.6 Å². The summed E-state index contributed by atoms with van der Waals surface area (Å²) in [5, 5.41) is 0. The van der Waals surface area contributed by atoms with Crippen molar-refractivity contribution in [2.24, 2.45) is 23.7 Å². The predicted octanol–water partition coefficient (Wildman–Crippen LogP) is 7.33. The first kappa shape index (κ1) is 25.5. The van der Waals surface area contributed by atoms with Crippen LogP contribution in [0.3, 0.4) is 0 Å². The number of aromatic nitrogens is 2. The van der Waals surface area contributed by atoms with E-state index in [9.17, 15) is 9.59 Å². The van der Waals surface area contributed by atoms with E-state index >= 15 is 0 Å². The van der Waals surface area contributed by atoms with Crippen LogP contribution in [0, 0.1) is 23.7 Å². The SMILES string of the molecule is CC(=O)CC1CCCC[C@@H]1C1C[C@H]1C(=O)c1cncn1C(c1ccccc1)(c1ccccc1)c1ccccc1. The topological polar surface area (TPSA) is 52.0 Å². The van der Waals surface area contributed by atoms with Crippen LogP contribution in [0.25, 0.3) is 0 Å². The third-order valence-corrected chi connectivity index (χ3v) is 9.07. The molecule has 0 aliphatic heterocycles. The number of carbonyl (C=O) groups is 2. The first-order valence-corrected chi connectivity index (χ1v) is 14.3. The molecule has 0 radical (unpaired) electrons. The molecule has 0 saturated heterocycles. The minimum absolute atomic E-state index is 0.00183. The van der Waals surface area contributed by atoms with Crippen LogP contribution in [0.5, 0.6) is 0 Å². The zero-order valence-electron chi connectivity index (χ0n) is 22.6. The highest BCUT2D eigenvalue weighted by atomic mass is 16.1. The van der Waals surface area contributed by atoms with Crippen LogP contribution >= 0.6 is 0 Å². The quantitative estimate of drug-likeness (QED) is 0.173. The van der Waals surface area contributed by atoms with E-state index in [0.29, 0.717) is 29.9 Å². The molecule has 6 rings (SSSR count). The molecule has 1 aromatic heterocycles. The van der Waals surface area contributed by atoms with E-state index in [-0.39, 0.29) is 17.5 Å². The molecule has 2 aliphatic carbocycles. The normalized spacial score (nSPS) is 22.8. The molecular formula is C35H36N2O2. The summed E-state index contributed by atoms with van der Waals surface area (Å²) in [5.41, 5.74) is 3.14. The van der Waals surface area contributed by atoms with Crippen LogP contribution in [0.4, 0.5) is 0 Å². The lowest BCUT2D eigenvalue weighted by Crippen LogP contribution is -2.39. The Balaban J connectivity index is 1.44. The largest absolute Gasteiger partial charge is 0.309 e. The second-order valence-corrected chi connectivity index (χ2v) is 11.4. The van der Waals surface area contributed by atoms with Crippen LogP contribution < -0.4 is 0 Å². The van der Waals surface area contributed by atoms with Crippen LogP contribution in [-0.4, -0.2) is 21.1 Å². The molecule has 4 heteroatoms. The number of rotatable bonds is 9. The summed E-state index contributed by atoms with van der Waals surface area (Å²) in [7, 11) is 0. The third kappa shape index (κ3) is 4.67. The van der Waals surface area contributed by atoms with Gasteiger partial charge in [0.2, 0.25) is 0 Å². The van der Waals surface area contributed by atoms with Gasteiger partial charge in [0.15, 0.2) is 5.78 Å². The Morgan fingerprint density at radius 3 is 1.87 bits per heavy atom. The minimum atomic E-state index is -0.752. The first-order chi connectivity index (χ1) is 19.1. The molecule has 3 aromatic carbocycles. The summed E-state index contributed by atoms with van der Waals surface area (Å²) in [6.45, 7) is 1.70. The lowest BCUT2D eigenvalue weighted by atomic mass is 9.73. The zero-order valence-corrected chi connectivity index (χ0v) is 22.6. The van der Waals surface area contributed by atoms with Gasteiger partial charge in [0.05, 0.1) is 12.5 Å². The van der Waals surface area contributed by atoms with Gasteiger partial charge in [-0.25, -0.2) is 4.98 Å². The van der Waals surface area contributed by atoms with Crippen molar-refractivity contribution in [3.63, 3.8) is 0 Å². The highest BCUT2D eigenvalue weighted by Crippen LogP contribution is 2.54. The maximum Gasteiger partial charge on any atom is 0.184 e. The molecule has 198 valence electrons. The van der Waals surface area contributed by atoms with Crippen molar-refractivity contribution in [3.8, 4) is 0 Å². The fraction of sp³-hybridized carbons (Fsp3) is 0.343. The van der Waals surface area contributed by atoms with Crippen LogP contribution in [0.15, 0.2) is 104 Å². The van der Waals surface area contributed by atoms with Gasteiger partial charge in [-0.2, -0.15) is 0 Å². The molecule has 2 saturated carbocycles. The third-order valence-electron chi connectivity index (χ3n) is 9.07. The molecule has 0 amide bonds. The van der Waals surface area contributed by atoms with Gasteiger partial charge >= 0.3 is 0 Å². The average Bonchev–Trinajstić information content (AvgIpc) is 3.62. The van der Waals surface area contributed by atoms with Crippen LogP contribution in [-0.2, 0) is 10.3 Å². The number of benzene rings is 3. The van der Waals surface area contributed by atoms with Crippen molar-refractivity contribution < 1.29 is 9.59 Å². The van der Waals surface area contributed by atoms with Crippen molar-refractivity contribution in [2.45, 2.75) is 51.0 Å². The highest BCUT2D eigenvalue weighted by molar-refractivity contribution is 5.98. The Kier molecular flexibility index (Phi) is 7.03. The van der Waals surface area contributed by atoms with Gasteiger partial charge in [0.25, 0.3) is 0 Å². The van der Waals surface area contributed by atoms with E-state index in [1.807, 2.05) is 24.5 Å². The summed E-state index contributed by atoms with van der Waals surface area (Å²) in [4.78, 5) is 30.9. The molecule has 4 aromatic rings. The summed E-state index contributed by atoms with van der Waals surface area (Å²) < 4.78 is 2.11. The smallest absolute Gasteiger partial charge is 0.184 e. The van der Waals surface area contributed by atoms with Crippen LogP contribution in [0.2, 0.25) is 0 Å². The summed E-state index contributed by atoms with van der Waals surface area (Å²) in [6.07, 6.45) is 9.80. The van der Waals surface area contributed by atoms with Crippen molar-refractivity contribution in [1.29, 1.82) is 0 Å². The van der Waals surface area contributed by atoms with Crippen molar-refractivity contribution in [1.82, 2.24) is 9.55 Å². The Bertz CT molecular complexity index is 1330. The van der Waals surface area contributed by atoms with E-state index < -0.39 is 5.54 Å². The fourth-order valence-corrected chi connectivity index (χ4v) is 7.30. The van der Waals surface area contributed by atoms with Crippen molar-refractivity contribution >= 4 is 11.6 Å².